The average molecular weight is 184 g/mol. The van der Waals surface area contributed by atoms with Crippen molar-refractivity contribution in [3.8, 4) is 0 Å². The van der Waals surface area contributed by atoms with Crippen molar-refractivity contribution in [2.75, 3.05) is 0 Å². The third kappa shape index (κ3) is 3.70. The summed E-state index contributed by atoms with van der Waals surface area (Å²) in [6.45, 7) is 14.2. The first-order valence-corrected chi connectivity index (χ1v) is 5.98. The van der Waals surface area contributed by atoms with Crippen LogP contribution >= 0.6 is 0 Å². The van der Waals surface area contributed by atoms with Crippen molar-refractivity contribution in [2.45, 2.75) is 67.2 Å². The van der Waals surface area contributed by atoms with Crippen LogP contribution in [0.1, 0.15) is 67.2 Å². The summed E-state index contributed by atoms with van der Waals surface area (Å²) in [4.78, 5) is 0. The molecule has 0 saturated heterocycles. The topological polar surface area (TPSA) is 0 Å². The van der Waals surface area contributed by atoms with Gasteiger partial charge in [0.2, 0.25) is 0 Å². The average Bonchev–Trinajstić information content (AvgIpc) is 2.03. The highest BCUT2D eigenvalue weighted by molar-refractivity contribution is 4.81. The van der Waals surface area contributed by atoms with Crippen molar-refractivity contribution in [3.05, 3.63) is 0 Å². The molecule has 0 rings (SSSR count). The van der Waals surface area contributed by atoms with E-state index in [0.29, 0.717) is 5.41 Å². The van der Waals surface area contributed by atoms with Gasteiger partial charge in [-0.1, -0.05) is 54.4 Å². The van der Waals surface area contributed by atoms with Crippen LogP contribution in [0.3, 0.4) is 0 Å². The predicted octanol–water partition coefficient (Wildman–Crippen LogP) is 4.89. The molecular formula is C13H28. The van der Waals surface area contributed by atoms with Gasteiger partial charge in [-0.25, -0.2) is 0 Å². The first-order chi connectivity index (χ1) is 5.98. The lowest BCUT2D eigenvalue weighted by Crippen LogP contribution is -2.28. The predicted molar refractivity (Wildman–Crippen MR) is 61.9 cm³/mol. The normalized spacial score (nSPS) is 15.0. The highest BCUT2D eigenvalue weighted by Gasteiger charge is 2.30. The Hall–Kier alpha value is 0. The highest BCUT2D eigenvalue weighted by Crippen LogP contribution is 2.40. The van der Waals surface area contributed by atoms with Crippen LogP contribution in [-0.4, -0.2) is 0 Å². The van der Waals surface area contributed by atoms with Crippen molar-refractivity contribution in [2.24, 2.45) is 17.3 Å². The Bertz CT molecular complexity index is 118. The lowest BCUT2D eigenvalue weighted by molar-refractivity contribution is 0.122. The molecule has 0 radical (unpaired) electrons. The third-order valence-electron chi connectivity index (χ3n) is 3.74. The van der Waals surface area contributed by atoms with Crippen LogP contribution in [0.2, 0.25) is 0 Å². The van der Waals surface area contributed by atoms with E-state index in [9.17, 15) is 0 Å². The minimum atomic E-state index is 0.581. The van der Waals surface area contributed by atoms with Crippen LogP contribution in [0, 0.1) is 17.3 Å². The standard InChI is InChI=1S/C13H28/c1-7-9-13(6,10-8-2)12(5)11(3)4/h11-12H,7-10H2,1-6H3. The molecule has 0 aliphatic heterocycles. The molecule has 0 aromatic rings. The fraction of sp³-hybridized carbons (Fsp3) is 1.00. The fourth-order valence-corrected chi connectivity index (χ4v) is 2.53. The molecule has 0 heterocycles. The van der Waals surface area contributed by atoms with E-state index in [0.717, 1.165) is 11.8 Å². The van der Waals surface area contributed by atoms with E-state index in [-0.39, 0.29) is 0 Å². The molecule has 0 aromatic heterocycles. The molecule has 0 heteroatoms. The molecule has 0 saturated carbocycles. The molecule has 0 nitrogen and oxygen atoms in total. The van der Waals surface area contributed by atoms with Gasteiger partial charge >= 0.3 is 0 Å². The minimum Gasteiger partial charge on any atom is -0.0654 e. The summed E-state index contributed by atoms with van der Waals surface area (Å²) in [5.74, 6) is 1.68. The molecular weight excluding hydrogens is 156 g/mol. The van der Waals surface area contributed by atoms with Crippen molar-refractivity contribution >= 4 is 0 Å². The lowest BCUT2D eigenvalue weighted by atomic mass is 9.67. The first kappa shape index (κ1) is 13.0. The van der Waals surface area contributed by atoms with Crippen molar-refractivity contribution in [1.29, 1.82) is 0 Å². The van der Waals surface area contributed by atoms with Crippen LogP contribution < -0.4 is 0 Å². The van der Waals surface area contributed by atoms with Crippen molar-refractivity contribution in [3.63, 3.8) is 0 Å². The maximum absolute atomic E-state index is 2.48. The largest absolute Gasteiger partial charge is 0.0654 e. The van der Waals surface area contributed by atoms with Gasteiger partial charge in [0.15, 0.2) is 0 Å². The van der Waals surface area contributed by atoms with E-state index >= 15 is 0 Å². The fourth-order valence-electron chi connectivity index (χ4n) is 2.53. The summed E-state index contributed by atoms with van der Waals surface area (Å²) in [7, 11) is 0. The minimum absolute atomic E-state index is 0.581. The Labute approximate surface area is 85.1 Å². The Morgan fingerprint density at radius 2 is 1.31 bits per heavy atom. The second-order valence-corrected chi connectivity index (χ2v) is 5.19. The monoisotopic (exact) mass is 184 g/mol. The van der Waals surface area contributed by atoms with E-state index < -0.39 is 0 Å². The Morgan fingerprint density at radius 3 is 1.54 bits per heavy atom. The van der Waals surface area contributed by atoms with Crippen molar-refractivity contribution in [1.82, 2.24) is 0 Å². The van der Waals surface area contributed by atoms with Crippen molar-refractivity contribution < 1.29 is 0 Å². The summed E-state index contributed by atoms with van der Waals surface area (Å²) in [6, 6.07) is 0. The molecule has 0 fully saturated rings. The van der Waals surface area contributed by atoms with Gasteiger partial charge < -0.3 is 0 Å². The Kier molecular flexibility index (Phi) is 5.67. The molecule has 0 amide bonds. The highest BCUT2D eigenvalue weighted by atomic mass is 14.4. The molecule has 0 aliphatic rings. The lowest BCUT2D eigenvalue weighted by Gasteiger charge is -2.38. The summed E-state index contributed by atoms with van der Waals surface area (Å²) >= 11 is 0. The molecule has 1 atom stereocenters. The molecule has 13 heavy (non-hydrogen) atoms. The number of rotatable bonds is 6. The van der Waals surface area contributed by atoms with Crippen LogP contribution in [0.5, 0.6) is 0 Å². The van der Waals surface area contributed by atoms with Crippen LogP contribution in [0.25, 0.3) is 0 Å². The zero-order valence-electron chi connectivity index (χ0n) is 10.5. The van der Waals surface area contributed by atoms with Gasteiger partial charge in [-0.2, -0.15) is 0 Å². The molecule has 0 aliphatic carbocycles. The summed E-state index contributed by atoms with van der Waals surface area (Å²) in [5, 5.41) is 0. The van der Waals surface area contributed by atoms with Gasteiger partial charge in [0, 0.05) is 0 Å². The van der Waals surface area contributed by atoms with Crippen LogP contribution in [0.15, 0.2) is 0 Å². The maximum atomic E-state index is 2.48. The van der Waals surface area contributed by atoms with Gasteiger partial charge in [-0.05, 0) is 30.1 Å². The third-order valence-corrected chi connectivity index (χ3v) is 3.74. The van der Waals surface area contributed by atoms with Gasteiger partial charge in [0.1, 0.15) is 0 Å². The molecule has 0 spiro atoms. The Morgan fingerprint density at radius 1 is 0.923 bits per heavy atom. The van der Waals surface area contributed by atoms with Gasteiger partial charge in [0.25, 0.3) is 0 Å². The molecule has 0 N–H and O–H groups in total. The second kappa shape index (κ2) is 5.67. The first-order valence-electron chi connectivity index (χ1n) is 5.98. The van der Waals surface area contributed by atoms with E-state index in [4.69, 9.17) is 0 Å². The van der Waals surface area contributed by atoms with Gasteiger partial charge in [-0.15, -0.1) is 0 Å². The van der Waals surface area contributed by atoms with E-state index in [1.54, 1.807) is 0 Å². The number of hydrogen-bond acceptors (Lipinski definition) is 0. The van der Waals surface area contributed by atoms with E-state index in [1.165, 1.54) is 25.7 Å². The quantitative estimate of drug-likeness (QED) is 0.551. The summed E-state index contributed by atoms with van der Waals surface area (Å²) in [5.41, 5.74) is 0.581. The molecule has 0 bridgehead atoms. The van der Waals surface area contributed by atoms with Gasteiger partial charge in [0.05, 0.1) is 0 Å². The van der Waals surface area contributed by atoms with Crippen LogP contribution in [-0.2, 0) is 0 Å². The zero-order chi connectivity index (χ0) is 10.5. The van der Waals surface area contributed by atoms with Gasteiger partial charge in [-0.3, -0.25) is 0 Å². The van der Waals surface area contributed by atoms with E-state index in [1.807, 2.05) is 0 Å². The SMILES string of the molecule is CCCC(C)(CCC)C(C)C(C)C. The number of hydrogen-bond donors (Lipinski definition) is 0. The molecule has 80 valence electrons. The Balaban J connectivity index is 4.36. The second-order valence-electron chi connectivity index (χ2n) is 5.19. The van der Waals surface area contributed by atoms with Crippen LogP contribution in [0.4, 0.5) is 0 Å². The summed E-state index contributed by atoms with van der Waals surface area (Å²) < 4.78 is 0. The smallest absolute Gasteiger partial charge is 0.0298 e. The molecule has 1 unspecified atom stereocenters. The van der Waals surface area contributed by atoms with E-state index in [2.05, 4.69) is 41.5 Å². The summed E-state index contributed by atoms with van der Waals surface area (Å²) in [6.07, 6.45) is 5.43. The maximum Gasteiger partial charge on any atom is -0.0298 e. The zero-order valence-corrected chi connectivity index (χ0v) is 10.5. The molecule has 0 aromatic carbocycles.